The number of rotatable bonds is 6. The third kappa shape index (κ3) is 4.92. The molecule has 0 spiro atoms. The largest absolute Gasteiger partial charge is 0.469 e. The molecular formula is C17H19Cl2N5O8P+. The Morgan fingerprint density at radius 1 is 1.30 bits per heavy atom. The number of hydrogen-bond acceptors (Lipinski definition) is 8. The van der Waals surface area contributed by atoms with Gasteiger partial charge in [-0.05, 0) is 18.2 Å². The summed E-state index contributed by atoms with van der Waals surface area (Å²) in [5.41, 5.74) is 5.80. The van der Waals surface area contributed by atoms with Gasteiger partial charge in [-0.1, -0.05) is 28.2 Å². The topological polar surface area (TPSA) is 197 Å². The summed E-state index contributed by atoms with van der Waals surface area (Å²) in [5, 5.41) is 21.7. The summed E-state index contributed by atoms with van der Waals surface area (Å²) in [6.07, 6.45) is -4.23. The smallest absolute Gasteiger partial charge is 0.387 e. The zero-order valence-electron chi connectivity index (χ0n) is 16.6. The van der Waals surface area contributed by atoms with Gasteiger partial charge in [0.05, 0.1) is 13.2 Å². The number of ether oxygens (including phenoxy) is 1. The Morgan fingerprint density at radius 2 is 2.03 bits per heavy atom. The van der Waals surface area contributed by atoms with Crippen molar-refractivity contribution in [1.82, 2.24) is 14.5 Å². The first-order chi connectivity index (χ1) is 15.4. The highest BCUT2D eigenvalue weighted by molar-refractivity contribution is 7.46. The van der Waals surface area contributed by atoms with Crippen LogP contribution in [0.4, 0.5) is 5.95 Å². The predicted octanol–water partition coefficient (Wildman–Crippen LogP) is -0.322. The molecule has 13 nitrogen and oxygen atoms in total. The van der Waals surface area contributed by atoms with Crippen LogP contribution >= 0.6 is 31.0 Å². The molecule has 16 heteroatoms. The first-order valence-electron chi connectivity index (χ1n) is 9.40. The van der Waals surface area contributed by atoms with Crippen LogP contribution in [0.2, 0.25) is 10.0 Å². The fourth-order valence-electron chi connectivity index (χ4n) is 3.59. The van der Waals surface area contributed by atoms with E-state index in [2.05, 4.69) is 14.5 Å². The molecule has 0 aliphatic carbocycles. The molecule has 0 bridgehead atoms. The highest BCUT2D eigenvalue weighted by atomic mass is 35.5. The van der Waals surface area contributed by atoms with E-state index in [0.29, 0.717) is 15.6 Å². The standard InChI is InChI=1S/C17H18Cl2N5O8P/c18-8-1-2-9(19)7(3-8)4-23-6-24(14-11(23)15(27)22-17(20)21-14)16-13(26)12(25)10(32-16)5-31-33(28,29)30/h1-3,6,10,12-13,16,25-26H,4-5H2,(H4-,20,21,22,27,28,29,30)/p+1/t10-,12-,13-,16-/m1/s1. The van der Waals surface area contributed by atoms with Gasteiger partial charge in [0.1, 0.15) is 18.3 Å². The molecule has 1 saturated heterocycles. The van der Waals surface area contributed by atoms with Crippen LogP contribution in [0, 0.1) is 0 Å². The van der Waals surface area contributed by atoms with Gasteiger partial charge in [-0.25, -0.2) is 9.13 Å². The lowest BCUT2D eigenvalue weighted by Gasteiger charge is -2.14. The summed E-state index contributed by atoms with van der Waals surface area (Å²) < 4.78 is 23.7. The number of nitrogens with zero attached hydrogens (tertiary/aromatic N) is 3. The van der Waals surface area contributed by atoms with Gasteiger partial charge in [-0.2, -0.15) is 0 Å². The van der Waals surface area contributed by atoms with Crippen LogP contribution in [0.1, 0.15) is 11.8 Å². The Kier molecular flexibility index (Phi) is 6.53. The minimum atomic E-state index is -4.83. The Bertz CT molecular complexity index is 1310. The van der Waals surface area contributed by atoms with E-state index in [1.807, 2.05) is 0 Å². The summed E-state index contributed by atoms with van der Waals surface area (Å²) in [4.78, 5) is 37.0. The minimum Gasteiger partial charge on any atom is -0.387 e. The van der Waals surface area contributed by atoms with Gasteiger partial charge < -0.3 is 30.5 Å². The van der Waals surface area contributed by atoms with Crippen LogP contribution in [-0.2, 0) is 20.4 Å². The van der Waals surface area contributed by atoms with Gasteiger partial charge in [-0.3, -0.25) is 18.9 Å². The van der Waals surface area contributed by atoms with E-state index in [9.17, 15) is 19.6 Å². The molecule has 0 saturated carbocycles. The molecular weight excluding hydrogens is 504 g/mol. The molecule has 33 heavy (non-hydrogen) atoms. The average Bonchev–Trinajstić information content (AvgIpc) is 3.20. The molecule has 1 aliphatic heterocycles. The van der Waals surface area contributed by atoms with Crippen molar-refractivity contribution in [2.24, 2.45) is 0 Å². The van der Waals surface area contributed by atoms with Crippen LogP contribution in [0.15, 0.2) is 29.3 Å². The van der Waals surface area contributed by atoms with Crippen LogP contribution in [-0.4, -0.2) is 59.5 Å². The molecule has 2 aromatic heterocycles. The van der Waals surface area contributed by atoms with Crippen LogP contribution in [0.5, 0.6) is 0 Å². The molecule has 0 radical (unpaired) electrons. The van der Waals surface area contributed by atoms with Gasteiger partial charge in [0.2, 0.25) is 11.7 Å². The maximum absolute atomic E-state index is 12.7. The number of fused-ring (bicyclic) bond motifs is 1. The van der Waals surface area contributed by atoms with Crippen molar-refractivity contribution < 1.29 is 38.4 Å². The molecule has 4 atom stereocenters. The number of H-pyrrole nitrogens is 1. The number of aromatic nitrogens is 4. The van der Waals surface area contributed by atoms with Crippen molar-refractivity contribution in [2.75, 3.05) is 12.3 Å². The van der Waals surface area contributed by atoms with Gasteiger partial charge >= 0.3 is 13.5 Å². The SMILES string of the molecule is Nc1nc2c(c(=O)[nH]1)n(Cc1cc(Cl)ccc1Cl)c[n+]2[C@@H]1O[C@H](COP(=O)(O)O)[C@@H](O)[C@H]1O. The van der Waals surface area contributed by atoms with Gasteiger partial charge in [-0.15, -0.1) is 0 Å². The number of hydrogen-bond donors (Lipinski definition) is 6. The number of aliphatic hydroxyl groups excluding tert-OH is 2. The summed E-state index contributed by atoms with van der Waals surface area (Å²) >= 11 is 12.3. The number of aromatic amines is 1. The Hall–Kier alpha value is -2.06. The zero-order valence-corrected chi connectivity index (χ0v) is 19.0. The van der Waals surface area contributed by atoms with Crippen molar-refractivity contribution in [3.05, 3.63) is 50.5 Å². The van der Waals surface area contributed by atoms with Gasteiger partial charge in [0.25, 0.3) is 11.5 Å². The zero-order chi connectivity index (χ0) is 24.1. The summed E-state index contributed by atoms with van der Waals surface area (Å²) in [6.45, 7) is -0.597. The lowest BCUT2D eigenvalue weighted by molar-refractivity contribution is -0.745. The second kappa shape index (κ2) is 8.95. The van der Waals surface area contributed by atoms with E-state index < -0.39 is 44.5 Å². The third-order valence-corrected chi connectivity index (χ3v) is 6.15. The molecule has 3 heterocycles. The molecule has 0 amide bonds. The highest BCUT2D eigenvalue weighted by Crippen LogP contribution is 2.38. The average molecular weight is 523 g/mol. The molecule has 178 valence electrons. The molecule has 7 N–H and O–H groups in total. The molecule has 0 unspecified atom stereocenters. The number of nitrogens with one attached hydrogen (secondary N) is 1. The van der Waals surface area contributed by atoms with Crippen molar-refractivity contribution >= 4 is 48.1 Å². The van der Waals surface area contributed by atoms with E-state index >= 15 is 0 Å². The number of benzene rings is 1. The minimum absolute atomic E-state index is 0.0298. The number of phosphoric ester groups is 1. The molecule has 4 rings (SSSR count). The summed E-state index contributed by atoms with van der Waals surface area (Å²) in [6, 6.07) is 4.84. The number of anilines is 1. The first kappa shape index (κ1) is 24.1. The second-order valence-electron chi connectivity index (χ2n) is 7.34. The van der Waals surface area contributed by atoms with Gasteiger partial charge in [0, 0.05) is 15.6 Å². The normalized spacial score (nSPS) is 23.5. The number of aliphatic hydroxyl groups is 2. The van der Waals surface area contributed by atoms with E-state index in [-0.39, 0.29) is 23.7 Å². The molecule has 1 aromatic carbocycles. The number of halogens is 2. The number of imidazole rings is 1. The Morgan fingerprint density at radius 3 is 2.73 bits per heavy atom. The lowest BCUT2D eigenvalue weighted by Crippen LogP contribution is -2.46. The number of nitrogen functional groups attached to an aromatic ring is 1. The maximum atomic E-state index is 12.7. The Labute approximate surface area is 195 Å². The summed E-state index contributed by atoms with van der Waals surface area (Å²) in [5.74, 6) is -0.200. The quantitative estimate of drug-likeness (QED) is 0.184. The molecule has 1 aliphatic rings. The number of phosphoric acid groups is 1. The summed E-state index contributed by atoms with van der Waals surface area (Å²) in [7, 11) is -4.83. The van der Waals surface area contributed by atoms with Crippen LogP contribution in [0.3, 0.4) is 0 Å². The van der Waals surface area contributed by atoms with Crippen LogP contribution < -0.4 is 15.9 Å². The predicted molar refractivity (Wildman–Crippen MR) is 114 cm³/mol. The monoisotopic (exact) mass is 522 g/mol. The van der Waals surface area contributed by atoms with Crippen molar-refractivity contribution in [3.8, 4) is 0 Å². The lowest BCUT2D eigenvalue weighted by atomic mass is 10.1. The highest BCUT2D eigenvalue weighted by Gasteiger charge is 2.47. The van der Waals surface area contributed by atoms with Crippen LogP contribution in [0.25, 0.3) is 11.2 Å². The van der Waals surface area contributed by atoms with Crippen molar-refractivity contribution in [2.45, 2.75) is 31.1 Å². The third-order valence-electron chi connectivity index (χ3n) is 5.06. The number of nitrogens with two attached hydrogens (primary N) is 1. The molecule has 1 fully saturated rings. The van der Waals surface area contributed by atoms with Crippen molar-refractivity contribution in [3.63, 3.8) is 0 Å². The van der Waals surface area contributed by atoms with Crippen molar-refractivity contribution in [1.29, 1.82) is 0 Å². The fraction of sp³-hybridized carbons (Fsp3) is 0.353. The van der Waals surface area contributed by atoms with E-state index in [1.54, 1.807) is 18.2 Å². The second-order valence-corrected chi connectivity index (χ2v) is 9.43. The van der Waals surface area contributed by atoms with E-state index in [1.165, 1.54) is 15.5 Å². The van der Waals surface area contributed by atoms with Gasteiger partial charge in [0.15, 0.2) is 6.33 Å². The van der Waals surface area contributed by atoms with E-state index in [0.717, 1.165) is 0 Å². The maximum Gasteiger partial charge on any atom is 0.469 e. The Balaban J connectivity index is 1.76. The van der Waals surface area contributed by atoms with E-state index in [4.69, 9.17) is 43.5 Å². The molecule has 3 aromatic rings. The first-order valence-corrected chi connectivity index (χ1v) is 11.7. The fourth-order valence-corrected chi connectivity index (χ4v) is 4.31.